The molecular weight excluding hydrogens is 342 g/mol. The summed E-state index contributed by atoms with van der Waals surface area (Å²) < 4.78 is 2.18. The van der Waals surface area contributed by atoms with Crippen molar-refractivity contribution in [1.82, 2.24) is 4.57 Å². The highest BCUT2D eigenvalue weighted by molar-refractivity contribution is 5.92. The van der Waals surface area contributed by atoms with Crippen molar-refractivity contribution in [2.24, 2.45) is 5.73 Å². The molecule has 0 saturated heterocycles. The van der Waals surface area contributed by atoms with E-state index in [9.17, 15) is 9.59 Å². The number of aromatic nitrogens is 1. The number of primary amides is 1. The lowest BCUT2D eigenvalue weighted by Gasteiger charge is -2.09. The Labute approximate surface area is 157 Å². The van der Waals surface area contributed by atoms with E-state index in [1.54, 1.807) is 0 Å². The zero-order valence-corrected chi connectivity index (χ0v) is 15.2. The number of nitrogens with zero attached hydrogens (tertiary/aromatic N) is 1. The highest BCUT2D eigenvalue weighted by atomic mass is 16.4. The highest BCUT2D eigenvalue weighted by Crippen LogP contribution is 2.30. The van der Waals surface area contributed by atoms with E-state index in [-0.39, 0.29) is 18.7 Å². The van der Waals surface area contributed by atoms with Crippen molar-refractivity contribution in [3.8, 4) is 0 Å². The number of carboxylic acids is 1. The number of nitrogens with one attached hydrogen (secondary N) is 1. The highest BCUT2D eigenvalue weighted by Gasteiger charge is 2.16. The molecule has 0 radical (unpaired) electrons. The molecule has 3 aromatic rings. The molecule has 0 spiro atoms. The van der Waals surface area contributed by atoms with Crippen LogP contribution < -0.4 is 11.1 Å². The van der Waals surface area contributed by atoms with Gasteiger partial charge in [0.15, 0.2) is 0 Å². The third-order valence-corrected chi connectivity index (χ3v) is 4.66. The number of hydrogen-bond donors (Lipinski definition) is 3. The van der Waals surface area contributed by atoms with Crippen LogP contribution in [0.5, 0.6) is 0 Å². The molecule has 6 nitrogen and oxygen atoms in total. The molecular formula is C21H23N3O3. The number of amides is 1. The van der Waals surface area contributed by atoms with Gasteiger partial charge in [0.25, 0.3) is 0 Å². The molecule has 2 aromatic carbocycles. The number of rotatable bonds is 8. The van der Waals surface area contributed by atoms with Crippen molar-refractivity contribution in [1.29, 1.82) is 0 Å². The molecule has 0 unspecified atom stereocenters. The van der Waals surface area contributed by atoms with Gasteiger partial charge in [0.05, 0.1) is 12.8 Å². The third-order valence-electron chi connectivity index (χ3n) is 4.66. The lowest BCUT2D eigenvalue weighted by atomic mass is 10.1. The van der Waals surface area contributed by atoms with Crippen LogP contribution in [0.4, 0.5) is 5.69 Å². The van der Waals surface area contributed by atoms with Crippen molar-refractivity contribution in [2.75, 3.05) is 11.9 Å². The van der Waals surface area contributed by atoms with Gasteiger partial charge in [-0.05, 0) is 36.2 Å². The fourth-order valence-electron chi connectivity index (χ4n) is 3.34. The van der Waals surface area contributed by atoms with Gasteiger partial charge in [-0.2, -0.15) is 0 Å². The van der Waals surface area contributed by atoms with E-state index in [1.807, 2.05) is 43.3 Å². The summed E-state index contributed by atoms with van der Waals surface area (Å²) >= 11 is 0. The summed E-state index contributed by atoms with van der Waals surface area (Å²) in [4.78, 5) is 22.3. The zero-order valence-electron chi connectivity index (χ0n) is 15.2. The van der Waals surface area contributed by atoms with Gasteiger partial charge in [0, 0.05) is 35.4 Å². The van der Waals surface area contributed by atoms with Crippen LogP contribution in [0.1, 0.15) is 23.2 Å². The predicted molar refractivity (Wildman–Crippen MR) is 106 cm³/mol. The Balaban J connectivity index is 2.01. The van der Waals surface area contributed by atoms with Crippen LogP contribution >= 0.6 is 0 Å². The maximum absolute atomic E-state index is 11.6. The summed E-state index contributed by atoms with van der Waals surface area (Å²) in [5, 5.41) is 12.9. The van der Waals surface area contributed by atoms with Gasteiger partial charge in [-0.25, -0.2) is 0 Å². The summed E-state index contributed by atoms with van der Waals surface area (Å²) in [5.74, 6) is -1.22. The monoisotopic (exact) mass is 365 g/mol. The number of hydrogen-bond acceptors (Lipinski definition) is 3. The average molecular weight is 365 g/mol. The molecule has 0 bridgehead atoms. The van der Waals surface area contributed by atoms with E-state index >= 15 is 0 Å². The first-order chi connectivity index (χ1) is 13.0. The van der Waals surface area contributed by atoms with Gasteiger partial charge in [0.2, 0.25) is 5.91 Å². The Kier molecular flexibility index (Phi) is 5.45. The van der Waals surface area contributed by atoms with E-state index in [0.717, 1.165) is 27.8 Å². The van der Waals surface area contributed by atoms with Crippen molar-refractivity contribution < 1.29 is 14.7 Å². The number of carbonyl (C=O) groups is 2. The van der Waals surface area contributed by atoms with Crippen LogP contribution in [0.15, 0.2) is 48.5 Å². The molecule has 0 atom stereocenters. The number of benzene rings is 2. The third kappa shape index (κ3) is 4.28. The quantitative estimate of drug-likeness (QED) is 0.572. The second-order valence-corrected chi connectivity index (χ2v) is 6.58. The first-order valence-electron chi connectivity index (χ1n) is 8.85. The van der Waals surface area contributed by atoms with Gasteiger partial charge in [-0.15, -0.1) is 0 Å². The molecule has 27 heavy (non-hydrogen) atoms. The van der Waals surface area contributed by atoms with Crippen LogP contribution in [-0.2, 0) is 22.6 Å². The minimum atomic E-state index is -0.845. The molecule has 0 aliphatic rings. The molecule has 4 N–H and O–H groups in total. The largest absolute Gasteiger partial charge is 0.481 e. The normalized spacial score (nSPS) is 10.9. The van der Waals surface area contributed by atoms with E-state index in [1.165, 1.54) is 5.56 Å². The molecule has 140 valence electrons. The number of aliphatic carboxylic acids is 1. The second-order valence-electron chi connectivity index (χ2n) is 6.58. The summed E-state index contributed by atoms with van der Waals surface area (Å²) in [7, 11) is 0. The van der Waals surface area contributed by atoms with Gasteiger partial charge >= 0.3 is 5.97 Å². The van der Waals surface area contributed by atoms with Crippen molar-refractivity contribution in [3.63, 3.8) is 0 Å². The maximum Gasteiger partial charge on any atom is 0.305 e. The summed E-state index contributed by atoms with van der Waals surface area (Å²) in [6.45, 7) is 3.04. The minimum Gasteiger partial charge on any atom is -0.481 e. The van der Waals surface area contributed by atoms with Crippen LogP contribution in [0.3, 0.4) is 0 Å². The summed E-state index contributed by atoms with van der Waals surface area (Å²) in [6, 6.07) is 16.0. The van der Waals surface area contributed by atoms with Crippen LogP contribution in [0.2, 0.25) is 0 Å². The molecule has 1 amide bonds. The Hall–Kier alpha value is -3.28. The molecule has 1 heterocycles. The van der Waals surface area contributed by atoms with Crippen molar-refractivity contribution in [2.45, 2.75) is 26.3 Å². The lowest BCUT2D eigenvalue weighted by Crippen LogP contribution is -2.14. The molecule has 0 aliphatic heterocycles. The predicted octanol–water partition coefficient (Wildman–Crippen LogP) is 2.91. The minimum absolute atomic E-state index is 0.0419. The molecule has 3 rings (SSSR count). The van der Waals surface area contributed by atoms with Crippen LogP contribution in [0.25, 0.3) is 10.9 Å². The van der Waals surface area contributed by atoms with E-state index < -0.39 is 5.97 Å². The van der Waals surface area contributed by atoms with Gasteiger partial charge in [-0.3, -0.25) is 9.59 Å². The van der Waals surface area contributed by atoms with Crippen LogP contribution in [-0.4, -0.2) is 28.1 Å². The summed E-state index contributed by atoms with van der Waals surface area (Å²) in [6.07, 6.45) is 0.211. The Morgan fingerprint density at radius 3 is 2.56 bits per heavy atom. The number of nitrogens with two attached hydrogens (primary N) is 1. The fraction of sp³-hybridized carbons (Fsp3) is 0.238. The molecule has 0 saturated carbocycles. The molecule has 0 aliphatic carbocycles. The fourth-order valence-corrected chi connectivity index (χ4v) is 3.34. The Bertz CT molecular complexity index is 977. The van der Waals surface area contributed by atoms with E-state index in [2.05, 4.69) is 22.0 Å². The number of anilines is 1. The molecule has 0 fully saturated rings. The van der Waals surface area contributed by atoms with Gasteiger partial charge in [-0.1, -0.05) is 30.3 Å². The van der Waals surface area contributed by atoms with Crippen molar-refractivity contribution in [3.05, 3.63) is 65.4 Å². The SMILES string of the molecule is Cc1c(CC(N)=O)c2cc(NCCC(=O)O)ccc2n1Cc1ccccc1. The lowest BCUT2D eigenvalue weighted by molar-refractivity contribution is -0.136. The number of carboxylic acid groups (broad SMARTS) is 1. The molecule has 6 heteroatoms. The smallest absolute Gasteiger partial charge is 0.305 e. The summed E-state index contributed by atoms with van der Waals surface area (Å²) in [5.41, 5.74) is 10.4. The average Bonchev–Trinajstić information content (AvgIpc) is 2.87. The molecule has 1 aromatic heterocycles. The second kappa shape index (κ2) is 7.95. The maximum atomic E-state index is 11.6. The van der Waals surface area contributed by atoms with Gasteiger partial charge < -0.3 is 20.7 Å². The first-order valence-corrected chi connectivity index (χ1v) is 8.85. The number of carbonyl (C=O) groups excluding carboxylic acids is 1. The van der Waals surface area contributed by atoms with Crippen LogP contribution in [0, 0.1) is 6.92 Å². The Morgan fingerprint density at radius 2 is 1.89 bits per heavy atom. The van der Waals surface area contributed by atoms with Crippen molar-refractivity contribution >= 4 is 28.5 Å². The first kappa shape index (κ1) is 18.5. The van der Waals surface area contributed by atoms with E-state index in [0.29, 0.717) is 13.1 Å². The zero-order chi connectivity index (χ0) is 19.4. The standard InChI is InChI=1S/C21H23N3O3/c1-14-17(12-20(22)25)18-11-16(23-10-9-21(26)27)7-8-19(18)24(14)13-15-5-3-2-4-6-15/h2-8,11,23H,9-10,12-13H2,1H3,(H2,22,25)(H,26,27). The Morgan fingerprint density at radius 1 is 1.15 bits per heavy atom. The topological polar surface area (TPSA) is 97.3 Å². The van der Waals surface area contributed by atoms with Gasteiger partial charge in [0.1, 0.15) is 0 Å². The number of fused-ring (bicyclic) bond motifs is 1. The van der Waals surface area contributed by atoms with E-state index in [4.69, 9.17) is 10.8 Å².